The van der Waals surface area contributed by atoms with Gasteiger partial charge in [-0.3, -0.25) is 4.79 Å². The number of benzene rings is 2. The molecule has 2 saturated heterocycles. The van der Waals surface area contributed by atoms with Gasteiger partial charge in [-0.05, 0) is 42.5 Å². The lowest BCUT2D eigenvalue weighted by Crippen LogP contribution is -2.46. The van der Waals surface area contributed by atoms with E-state index in [0.717, 1.165) is 23.8 Å². The highest BCUT2D eigenvalue weighted by atomic mass is 32.2. The molecule has 226 valence electrons. The summed E-state index contributed by atoms with van der Waals surface area (Å²) in [6.07, 6.45) is 2.03. The molecule has 3 heterocycles. The molecule has 11 heteroatoms. The molecular formula is C31H38F3N5O2S. The van der Waals surface area contributed by atoms with Crippen molar-refractivity contribution in [1.29, 1.82) is 0 Å². The molecular weight excluding hydrogens is 563 g/mol. The Morgan fingerprint density at radius 3 is 2.67 bits per heavy atom. The summed E-state index contributed by atoms with van der Waals surface area (Å²) in [6.45, 7) is 2.88. The van der Waals surface area contributed by atoms with Crippen LogP contribution in [0.3, 0.4) is 0 Å². The molecule has 3 aromatic rings. The van der Waals surface area contributed by atoms with E-state index in [4.69, 9.17) is 15.5 Å². The van der Waals surface area contributed by atoms with Crippen molar-refractivity contribution in [3.8, 4) is 11.3 Å². The van der Waals surface area contributed by atoms with Crippen molar-refractivity contribution >= 4 is 17.7 Å². The summed E-state index contributed by atoms with van der Waals surface area (Å²) in [6, 6.07) is 12.6. The van der Waals surface area contributed by atoms with Gasteiger partial charge in [0, 0.05) is 69.4 Å². The third-order valence-corrected chi connectivity index (χ3v) is 8.99. The van der Waals surface area contributed by atoms with Crippen molar-refractivity contribution in [2.75, 3.05) is 50.9 Å². The Bertz CT molecular complexity index is 1320. The predicted octanol–water partition coefficient (Wildman–Crippen LogP) is 4.42. The Morgan fingerprint density at radius 2 is 1.95 bits per heavy atom. The van der Waals surface area contributed by atoms with Gasteiger partial charge in [-0.15, -0.1) is 0 Å². The zero-order valence-electron chi connectivity index (χ0n) is 23.6. The monoisotopic (exact) mass is 601 g/mol. The molecule has 2 aromatic carbocycles. The lowest BCUT2D eigenvalue weighted by molar-refractivity contribution is -0.134. The number of alkyl halides is 1. The van der Waals surface area contributed by atoms with Crippen molar-refractivity contribution in [3.05, 3.63) is 77.8 Å². The van der Waals surface area contributed by atoms with Crippen molar-refractivity contribution in [2.45, 2.75) is 31.6 Å². The highest BCUT2D eigenvalue weighted by Gasteiger charge is 2.40. The largest absolute Gasteiger partial charge is 0.381 e. The Labute approximate surface area is 249 Å². The molecule has 1 aromatic heterocycles. The molecule has 0 spiro atoms. The van der Waals surface area contributed by atoms with E-state index in [1.165, 1.54) is 11.8 Å². The number of carbonyl (C=O) groups is 1. The first-order chi connectivity index (χ1) is 20.4. The number of rotatable bonds is 12. The average Bonchev–Trinajstić information content (AvgIpc) is 3.60. The number of nitrogens with zero attached hydrogens (tertiary/aromatic N) is 3. The van der Waals surface area contributed by atoms with E-state index in [1.807, 2.05) is 34.9 Å². The quantitative estimate of drug-likeness (QED) is 0.299. The van der Waals surface area contributed by atoms with Crippen LogP contribution in [0.25, 0.3) is 11.3 Å². The standard InChI is InChI=1S/C31H38F3N5O2S/c32-24-6-7-26(33)25(14-24)28-19-38(17-21-4-2-1-3-5-21)31(37-28)30(22-8-11-41-12-9-22)39(29(40)20-42-13-10-35)18-23-15-36-16-27(23)34/h1-7,14,19,22-23,27,30,36H,8-13,15-18,20,35H2/t23-,27-,30+/m0/s1. The van der Waals surface area contributed by atoms with E-state index in [-0.39, 0.29) is 47.8 Å². The second kappa shape index (κ2) is 14.5. The average molecular weight is 602 g/mol. The summed E-state index contributed by atoms with van der Waals surface area (Å²) >= 11 is 1.45. The number of aromatic nitrogens is 2. The molecule has 5 rings (SSSR count). The molecule has 3 atom stereocenters. The first-order valence-corrected chi connectivity index (χ1v) is 15.7. The number of hydrogen-bond donors (Lipinski definition) is 2. The fraction of sp³-hybridized carbons (Fsp3) is 0.484. The highest BCUT2D eigenvalue weighted by molar-refractivity contribution is 7.99. The number of nitrogens with one attached hydrogen (secondary N) is 1. The van der Waals surface area contributed by atoms with Gasteiger partial charge in [0.1, 0.15) is 23.6 Å². The molecule has 2 aliphatic rings. The molecule has 0 radical (unpaired) electrons. The predicted molar refractivity (Wildman–Crippen MR) is 159 cm³/mol. The lowest BCUT2D eigenvalue weighted by Gasteiger charge is -2.40. The number of halogens is 3. The van der Waals surface area contributed by atoms with Crippen LogP contribution in [-0.2, 0) is 16.1 Å². The molecule has 0 saturated carbocycles. The number of carbonyl (C=O) groups excluding carboxylic acids is 1. The highest BCUT2D eigenvalue weighted by Crippen LogP contribution is 2.38. The van der Waals surface area contributed by atoms with E-state index >= 15 is 0 Å². The Hall–Kier alpha value is -2.86. The normalized spacial score (nSPS) is 20.1. The lowest BCUT2D eigenvalue weighted by atomic mass is 9.88. The Balaban J connectivity index is 1.62. The van der Waals surface area contributed by atoms with Crippen molar-refractivity contribution < 1.29 is 22.7 Å². The van der Waals surface area contributed by atoms with Crippen molar-refractivity contribution in [3.63, 3.8) is 0 Å². The molecule has 1 amide bonds. The summed E-state index contributed by atoms with van der Waals surface area (Å²) in [4.78, 5) is 20.7. The zero-order chi connectivity index (χ0) is 29.5. The van der Waals surface area contributed by atoms with Crippen LogP contribution >= 0.6 is 11.8 Å². The molecule has 0 aliphatic carbocycles. The first kappa shape index (κ1) is 30.6. The molecule has 0 bridgehead atoms. The molecule has 42 heavy (non-hydrogen) atoms. The van der Waals surface area contributed by atoms with Crippen molar-refractivity contribution in [1.82, 2.24) is 19.8 Å². The van der Waals surface area contributed by atoms with Gasteiger partial charge in [-0.25, -0.2) is 18.2 Å². The van der Waals surface area contributed by atoms with Crippen LogP contribution in [0.4, 0.5) is 13.2 Å². The summed E-state index contributed by atoms with van der Waals surface area (Å²) in [5.74, 6) is -0.242. The molecule has 2 aliphatic heterocycles. The third-order valence-electron chi connectivity index (χ3n) is 8.02. The van der Waals surface area contributed by atoms with Crippen LogP contribution in [0, 0.1) is 23.5 Å². The fourth-order valence-corrected chi connectivity index (χ4v) is 6.51. The number of ether oxygens (including phenoxy) is 1. The topological polar surface area (TPSA) is 85.4 Å². The van der Waals surface area contributed by atoms with Gasteiger partial charge in [-0.2, -0.15) is 11.8 Å². The number of hydrogen-bond acceptors (Lipinski definition) is 6. The van der Waals surface area contributed by atoms with Crippen LogP contribution in [0.15, 0.2) is 54.7 Å². The molecule has 7 nitrogen and oxygen atoms in total. The number of thioether (sulfide) groups is 1. The van der Waals surface area contributed by atoms with Crippen LogP contribution in [0.5, 0.6) is 0 Å². The van der Waals surface area contributed by atoms with E-state index in [2.05, 4.69) is 5.32 Å². The summed E-state index contributed by atoms with van der Waals surface area (Å²) in [5, 5.41) is 3.11. The Kier molecular flexibility index (Phi) is 10.6. The Morgan fingerprint density at radius 1 is 1.17 bits per heavy atom. The minimum Gasteiger partial charge on any atom is -0.381 e. The van der Waals surface area contributed by atoms with Crippen LogP contribution < -0.4 is 11.1 Å². The van der Waals surface area contributed by atoms with E-state index in [9.17, 15) is 18.0 Å². The maximum Gasteiger partial charge on any atom is 0.233 e. The summed E-state index contributed by atoms with van der Waals surface area (Å²) < 4.78 is 51.8. The minimum atomic E-state index is -1.08. The van der Waals surface area contributed by atoms with Gasteiger partial charge >= 0.3 is 0 Å². The summed E-state index contributed by atoms with van der Waals surface area (Å²) in [5.41, 5.74) is 7.02. The van der Waals surface area contributed by atoms with Crippen LogP contribution in [0.1, 0.15) is 30.3 Å². The van der Waals surface area contributed by atoms with Gasteiger partial charge < -0.3 is 25.3 Å². The molecule has 2 fully saturated rings. The van der Waals surface area contributed by atoms with Crippen LogP contribution in [0.2, 0.25) is 0 Å². The smallest absolute Gasteiger partial charge is 0.233 e. The minimum absolute atomic E-state index is 0.0169. The van der Waals surface area contributed by atoms with Crippen LogP contribution in [-0.4, -0.2) is 77.4 Å². The maximum absolute atomic E-state index is 15.0. The van der Waals surface area contributed by atoms with Gasteiger partial charge in [-0.1, -0.05) is 30.3 Å². The third kappa shape index (κ3) is 7.37. The number of imidazole rings is 1. The van der Waals surface area contributed by atoms with Crippen molar-refractivity contribution in [2.24, 2.45) is 17.6 Å². The second-order valence-electron chi connectivity index (χ2n) is 10.9. The van der Waals surface area contributed by atoms with Gasteiger partial charge in [0.25, 0.3) is 0 Å². The second-order valence-corrected chi connectivity index (χ2v) is 12.0. The number of nitrogens with two attached hydrogens (primary N) is 1. The summed E-state index contributed by atoms with van der Waals surface area (Å²) in [7, 11) is 0. The van der Waals surface area contributed by atoms with E-state index in [1.54, 1.807) is 11.1 Å². The van der Waals surface area contributed by atoms with E-state index < -0.39 is 23.8 Å². The molecule has 0 unspecified atom stereocenters. The zero-order valence-corrected chi connectivity index (χ0v) is 24.4. The molecule has 3 N–H and O–H groups in total. The van der Waals surface area contributed by atoms with Gasteiger partial charge in [0.15, 0.2) is 0 Å². The SMILES string of the molecule is NCCSCC(=O)N(C[C@@H]1CNC[C@@H]1F)[C@@H](c1nc(-c2cc(F)ccc2F)cn1Cc1ccccc1)C1CCOCC1. The fourth-order valence-electron chi connectivity index (χ4n) is 5.86. The van der Waals surface area contributed by atoms with E-state index in [0.29, 0.717) is 57.3 Å². The first-order valence-electron chi connectivity index (χ1n) is 14.5. The van der Waals surface area contributed by atoms with Gasteiger partial charge in [0.2, 0.25) is 5.91 Å². The number of amides is 1. The maximum atomic E-state index is 15.0. The van der Waals surface area contributed by atoms with Gasteiger partial charge in [0.05, 0.1) is 17.5 Å².